The summed E-state index contributed by atoms with van der Waals surface area (Å²) in [6.07, 6.45) is 3.37. The molecule has 0 fully saturated rings. The van der Waals surface area contributed by atoms with Crippen molar-refractivity contribution in [1.29, 1.82) is 0 Å². The second-order valence-corrected chi connectivity index (χ2v) is 10.4. The molecule has 2 unspecified atom stereocenters. The molecule has 1 aliphatic rings. The highest BCUT2D eigenvalue weighted by molar-refractivity contribution is 7.18. The number of hydrogen-bond donors (Lipinski definition) is 1. The molecule has 0 spiro atoms. The van der Waals surface area contributed by atoms with Crippen molar-refractivity contribution >= 4 is 27.5 Å². The average Bonchev–Trinajstić information content (AvgIpc) is 3.07. The van der Waals surface area contributed by atoms with Crippen LogP contribution in [0.15, 0.2) is 35.1 Å². The highest BCUT2D eigenvalue weighted by atomic mass is 32.1. The van der Waals surface area contributed by atoms with Gasteiger partial charge in [0.05, 0.1) is 5.39 Å². The Morgan fingerprint density at radius 1 is 1.30 bits per heavy atom. The summed E-state index contributed by atoms with van der Waals surface area (Å²) in [5.41, 5.74) is 7.72. The molecule has 0 aliphatic heterocycles. The summed E-state index contributed by atoms with van der Waals surface area (Å²) in [6, 6.07) is 8.86. The van der Waals surface area contributed by atoms with Gasteiger partial charge in [0.2, 0.25) is 5.91 Å². The maximum absolute atomic E-state index is 13.8. The van der Waals surface area contributed by atoms with Crippen LogP contribution in [0.25, 0.3) is 21.6 Å². The standard InChI is InChI=1S/C24H29N3O2S/c1-5-17(20(25)28)27-21(14-9-7-6-8-10-14)26-22-19(23(27)29)16-12-11-15(24(2,3)4)13-18(16)30-22/h6-10,15,17H,5,11-13H2,1-4H3,(H2,25,28). The second kappa shape index (κ2) is 7.65. The van der Waals surface area contributed by atoms with Crippen LogP contribution in [0.4, 0.5) is 0 Å². The van der Waals surface area contributed by atoms with E-state index in [9.17, 15) is 9.59 Å². The third-order valence-corrected chi connectivity index (χ3v) is 7.55. The molecule has 1 aromatic carbocycles. The molecule has 30 heavy (non-hydrogen) atoms. The second-order valence-electron chi connectivity index (χ2n) is 9.29. The molecule has 3 aromatic rings. The third kappa shape index (κ3) is 3.47. The summed E-state index contributed by atoms with van der Waals surface area (Å²) >= 11 is 1.64. The fraction of sp³-hybridized carbons (Fsp3) is 0.458. The van der Waals surface area contributed by atoms with Crippen LogP contribution in [0.1, 0.15) is 57.0 Å². The van der Waals surface area contributed by atoms with Crippen molar-refractivity contribution in [1.82, 2.24) is 9.55 Å². The van der Waals surface area contributed by atoms with E-state index in [1.807, 2.05) is 37.3 Å². The molecule has 0 bridgehead atoms. The largest absolute Gasteiger partial charge is 0.368 e. The smallest absolute Gasteiger partial charge is 0.263 e. The van der Waals surface area contributed by atoms with Crippen molar-refractivity contribution in [2.75, 3.05) is 0 Å². The molecule has 1 aliphatic carbocycles. The molecule has 4 rings (SSSR count). The van der Waals surface area contributed by atoms with Crippen molar-refractivity contribution in [2.24, 2.45) is 17.1 Å². The number of aryl methyl sites for hydroxylation is 1. The number of amides is 1. The number of aromatic nitrogens is 2. The normalized spacial score (nSPS) is 17.7. The number of fused-ring (bicyclic) bond motifs is 3. The fourth-order valence-corrected chi connectivity index (χ4v) is 5.86. The minimum atomic E-state index is -0.717. The Morgan fingerprint density at radius 2 is 2.00 bits per heavy atom. The van der Waals surface area contributed by atoms with Gasteiger partial charge in [-0.05, 0) is 42.6 Å². The summed E-state index contributed by atoms with van der Waals surface area (Å²) in [7, 11) is 0. The van der Waals surface area contributed by atoms with E-state index in [4.69, 9.17) is 10.7 Å². The maximum Gasteiger partial charge on any atom is 0.263 e. The molecule has 2 N–H and O–H groups in total. The molecule has 2 heterocycles. The topological polar surface area (TPSA) is 78.0 Å². The van der Waals surface area contributed by atoms with E-state index in [0.29, 0.717) is 23.5 Å². The van der Waals surface area contributed by atoms with Crippen LogP contribution in [0.3, 0.4) is 0 Å². The number of rotatable bonds is 4. The lowest BCUT2D eigenvalue weighted by molar-refractivity contribution is -0.121. The molecule has 0 saturated carbocycles. The van der Waals surface area contributed by atoms with Gasteiger partial charge in [-0.2, -0.15) is 0 Å². The lowest BCUT2D eigenvalue weighted by Gasteiger charge is -2.33. The Hall–Kier alpha value is -2.47. The van der Waals surface area contributed by atoms with E-state index in [-0.39, 0.29) is 11.0 Å². The number of hydrogen-bond acceptors (Lipinski definition) is 4. The first-order valence-corrected chi connectivity index (χ1v) is 11.5. The number of benzene rings is 1. The molecule has 5 nitrogen and oxygen atoms in total. The Kier molecular flexibility index (Phi) is 5.30. The highest BCUT2D eigenvalue weighted by Gasteiger charge is 2.33. The van der Waals surface area contributed by atoms with Crippen LogP contribution in [0.5, 0.6) is 0 Å². The Labute approximate surface area is 180 Å². The van der Waals surface area contributed by atoms with E-state index >= 15 is 0 Å². The number of carbonyl (C=O) groups excluding carboxylic acids is 1. The van der Waals surface area contributed by atoms with Crippen molar-refractivity contribution in [2.45, 2.75) is 59.4 Å². The van der Waals surface area contributed by atoms with Crippen molar-refractivity contribution in [3.8, 4) is 11.4 Å². The maximum atomic E-state index is 13.8. The first-order valence-electron chi connectivity index (χ1n) is 10.6. The molecule has 1 amide bonds. The van der Waals surface area contributed by atoms with E-state index < -0.39 is 11.9 Å². The van der Waals surface area contributed by atoms with Crippen LogP contribution in [-0.4, -0.2) is 15.5 Å². The van der Waals surface area contributed by atoms with Gasteiger partial charge in [0.15, 0.2) is 0 Å². The summed E-state index contributed by atoms with van der Waals surface area (Å²) in [6.45, 7) is 8.73. The van der Waals surface area contributed by atoms with E-state index in [2.05, 4.69) is 20.8 Å². The molecule has 2 aromatic heterocycles. The van der Waals surface area contributed by atoms with Gasteiger partial charge < -0.3 is 5.73 Å². The average molecular weight is 424 g/mol. The monoisotopic (exact) mass is 423 g/mol. The minimum absolute atomic E-state index is 0.142. The number of primary amides is 1. The molecule has 0 saturated heterocycles. The van der Waals surface area contributed by atoms with Gasteiger partial charge in [-0.25, -0.2) is 4.98 Å². The van der Waals surface area contributed by atoms with E-state index in [1.54, 1.807) is 11.3 Å². The van der Waals surface area contributed by atoms with Gasteiger partial charge >= 0.3 is 0 Å². The molecule has 158 valence electrons. The Morgan fingerprint density at radius 3 is 2.60 bits per heavy atom. The fourth-order valence-electron chi connectivity index (χ4n) is 4.57. The van der Waals surface area contributed by atoms with Crippen LogP contribution in [-0.2, 0) is 17.6 Å². The van der Waals surface area contributed by atoms with Crippen molar-refractivity contribution < 1.29 is 4.79 Å². The lowest BCUT2D eigenvalue weighted by atomic mass is 9.72. The van der Waals surface area contributed by atoms with E-state index in [0.717, 1.165) is 35.2 Å². The van der Waals surface area contributed by atoms with Crippen molar-refractivity contribution in [3.05, 3.63) is 51.1 Å². The minimum Gasteiger partial charge on any atom is -0.368 e. The molecule has 2 atom stereocenters. The van der Waals surface area contributed by atoms with Crippen LogP contribution >= 0.6 is 11.3 Å². The van der Waals surface area contributed by atoms with Crippen molar-refractivity contribution in [3.63, 3.8) is 0 Å². The predicted molar refractivity (Wildman–Crippen MR) is 123 cm³/mol. The van der Waals surface area contributed by atoms with Crippen LogP contribution in [0, 0.1) is 11.3 Å². The summed E-state index contributed by atoms with van der Waals surface area (Å²) in [5, 5.41) is 0.682. The number of carbonyl (C=O) groups is 1. The van der Waals surface area contributed by atoms with Gasteiger partial charge in [-0.3, -0.25) is 14.2 Å². The molecular formula is C24H29N3O2S. The predicted octanol–water partition coefficient (Wildman–Crippen LogP) is 4.71. The van der Waals surface area contributed by atoms with Crippen LogP contribution < -0.4 is 11.3 Å². The van der Waals surface area contributed by atoms with E-state index in [1.165, 1.54) is 9.44 Å². The molecule has 0 radical (unpaired) electrons. The number of nitrogens with two attached hydrogens (primary N) is 1. The zero-order valence-electron chi connectivity index (χ0n) is 18.1. The van der Waals surface area contributed by atoms with Gasteiger partial charge in [-0.1, -0.05) is 58.0 Å². The zero-order valence-corrected chi connectivity index (χ0v) is 18.9. The number of nitrogens with zero attached hydrogens (tertiary/aromatic N) is 2. The van der Waals surface area contributed by atoms with Gasteiger partial charge in [0.25, 0.3) is 5.56 Å². The highest BCUT2D eigenvalue weighted by Crippen LogP contribution is 2.42. The summed E-state index contributed by atoms with van der Waals surface area (Å²) in [4.78, 5) is 32.9. The molecule has 6 heteroatoms. The number of thiophene rings is 1. The summed E-state index contributed by atoms with van der Waals surface area (Å²) < 4.78 is 1.53. The van der Waals surface area contributed by atoms with Gasteiger partial charge in [0.1, 0.15) is 16.7 Å². The third-order valence-electron chi connectivity index (χ3n) is 6.40. The first-order chi connectivity index (χ1) is 14.2. The SMILES string of the molecule is CCC(C(N)=O)n1c(-c2ccccc2)nc2sc3c(c2c1=O)CCC(C(C)(C)C)C3. The quantitative estimate of drug-likeness (QED) is 0.660. The Balaban J connectivity index is 1.98. The van der Waals surface area contributed by atoms with Crippen LogP contribution in [0.2, 0.25) is 0 Å². The first kappa shape index (κ1) is 20.8. The lowest BCUT2D eigenvalue weighted by Crippen LogP contribution is -2.35. The Bertz CT molecular complexity index is 1160. The van der Waals surface area contributed by atoms with Gasteiger partial charge in [0, 0.05) is 10.4 Å². The zero-order chi connectivity index (χ0) is 21.6. The van der Waals surface area contributed by atoms with Gasteiger partial charge in [-0.15, -0.1) is 11.3 Å². The summed E-state index contributed by atoms with van der Waals surface area (Å²) in [5.74, 6) is 0.599. The molecular weight excluding hydrogens is 394 g/mol.